The van der Waals surface area contributed by atoms with Crippen LogP contribution >= 0.6 is 24.0 Å². The molecule has 28 heavy (non-hydrogen) atoms. The van der Waals surface area contributed by atoms with Gasteiger partial charge in [-0.25, -0.2) is 9.38 Å². The lowest BCUT2D eigenvalue weighted by molar-refractivity contribution is 0.368. The van der Waals surface area contributed by atoms with Gasteiger partial charge in [-0.3, -0.25) is 0 Å². The van der Waals surface area contributed by atoms with Crippen molar-refractivity contribution in [3.63, 3.8) is 0 Å². The maximum Gasteiger partial charge on any atom is 0.191 e. The number of benzene rings is 1. The average Bonchev–Trinajstić information content (AvgIpc) is 3.14. The molecule has 0 aliphatic carbocycles. The summed E-state index contributed by atoms with van der Waals surface area (Å²) in [5, 5.41) is 10.6. The second-order valence-corrected chi connectivity index (χ2v) is 6.25. The van der Waals surface area contributed by atoms with Gasteiger partial charge in [0, 0.05) is 18.5 Å². The number of nitrogens with one attached hydrogen (secondary N) is 2. The van der Waals surface area contributed by atoms with E-state index in [4.69, 9.17) is 9.26 Å². The van der Waals surface area contributed by atoms with Crippen molar-refractivity contribution >= 4 is 29.9 Å². The van der Waals surface area contributed by atoms with Gasteiger partial charge in [0.2, 0.25) is 0 Å². The normalized spacial score (nSPS) is 11.3. The van der Waals surface area contributed by atoms with Gasteiger partial charge in [-0.2, -0.15) is 0 Å². The Morgan fingerprint density at radius 2 is 1.96 bits per heavy atom. The lowest BCUT2D eigenvalue weighted by atomic mass is 9.99. The summed E-state index contributed by atoms with van der Waals surface area (Å²) in [6.07, 6.45) is 2.08. The number of aliphatic imine (C=N–C) groups is 1. The Kier molecular flexibility index (Phi) is 10.9. The van der Waals surface area contributed by atoms with Crippen LogP contribution in [-0.4, -0.2) is 24.8 Å². The molecule has 0 saturated heterocycles. The Labute approximate surface area is 183 Å². The number of hydrogen-bond acceptors (Lipinski definition) is 4. The van der Waals surface area contributed by atoms with Gasteiger partial charge < -0.3 is 19.9 Å². The molecular weight excluding hydrogens is 474 g/mol. The van der Waals surface area contributed by atoms with Gasteiger partial charge in [-0.15, -0.1) is 24.0 Å². The molecule has 1 aromatic carbocycles. The van der Waals surface area contributed by atoms with E-state index in [-0.39, 0.29) is 29.7 Å². The average molecular weight is 504 g/mol. The van der Waals surface area contributed by atoms with E-state index in [0.29, 0.717) is 25.0 Å². The number of guanidine groups is 1. The fourth-order valence-electron chi connectivity index (χ4n) is 2.80. The van der Waals surface area contributed by atoms with Gasteiger partial charge in [0.25, 0.3) is 0 Å². The first-order valence-electron chi connectivity index (χ1n) is 9.41. The zero-order valence-electron chi connectivity index (χ0n) is 16.9. The monoisotopic (exact) mass is 504 g/mol. The van der Waals surface area contributed by atoms with Crippen LogP contribution < -0.4 is 15.4 Å². The molecule has 0 spiro atoms. The van der Waals surface area contributed by atoms with Gasteiger partial charge in [0.05, 0.1) is 25.9 Å². The van der Waals surface area contributed by atoms with Crippen LogP contribution in [0, 0.1) is 5.82 Å². The van der Waals surface area contributed by atoms with Crippen LogP contribution in [0.25, 0.3) is 0 Å². The number of ether oxygens (including phenoxy) is 1. The number of aromatic nitrogens is 1. The summed E-state index contributed by atoms with van der Waals surface area (Å²) in [6.45, 7) is 7.85. The molecule has 2 rings (SSSR count). The molecule has 2 aromatic rings. The smallest absolute Gasteiger partial charge is 0.191 e. The molecule has 0 aliphatic heterocycles. The number of hydrogen-bond donors (Lipinski definition) is 2. The Morgan fingerprint density at radius 1 is 1.21 bits per heavy atom. The highest BCUT2D eigenvalue weighted by Gasteiger charge is 2.13. The van der Waals surface area contributed by atoms with Crippen LogP contribution in [0.5, 0.6) is 5.75 Å². The summed E-state index contributed by atoms with van der Waals surface area (Å²) < 4.78 is 24.2. The number of halogens is 2. The topological polar surface area (TPSA) is 71.7 Å². The number of rotatable bonds is 9. The van der Waals surface area contributed by atoms with E-state index in [2.05, 4.69) is 34.6 Å². The van der Waals surface area contributed by atoms with Gasteiger partial charge in [0.1, 0.15) is 0 Å². The van der Waals surface area contributed by atoms with E-state index in [1.165, 1.54) is 13.2 Å². The van der Waals surface area contributed by atoms with E-state index in [1.54, 1.807) is 12.1 Å². The molecule has 0 saturated carbocycles. The van der Waals surface area contributed by atoms with Crippen molar-refractivity contribution in [2.45, 2.75) is 52.6 Å². The van der Waals surface area contributed by atoms with Gasteiger partial charge in [0.15, 0.2) is 23.3 Å². The first-order valence-corrected chi connectivity index (χ1v) is 9.41. The predicted octanol–water partition coefficient (Wildman–Crippen LogP) is 4.60. The minimum Gasteiger partial charge on any atom is -0.494 e. The van der Waals surface area contributed by atoms with Crippen LogP contribution in [0.1, 0.15) is 56.5 Å². The first-order chi connectivity index (χ1) is 13.1. The van der Waals surface area contributed by atoms with Crippen LogP contribution in [-0.2, 0) is 13.1 Å². The molecule has 0 amide bonds. The van der Waals surface area contributed by atoms with Crippen LogP contribution in [0.3, 0.4) is 0 Å². The second kappa shape index (κ2) is 12.6. The van der Waals surface area contributed by atoms with Crippen molar-refractivity contribution in [1.29, 1.82) is 0 Å². The van der Waals surface area contributed by atoms with Crippen LogP contribution in [0.4, 0.5) is 4.39 Å². The van der Waals surface area contributed by atoms with Gasteiger partial charge in [-0.1, -0.05) is 25.1 Å². The van der Waals surface area contributed by atoms with Crippen molar-refractivity contribution < 1.29 is 13.7 Å². The number of nitrogens with zero attached hydrogens (tertiary/aromatic N) is 2. The third-order valence-electron chi connectivity index (χ3n) is 4.39. The van der Waals surface area contributed by atoms with Crippen molar-refractivity contribution in [2.75, 3.05) is 13.7 Å². The fourth-order valence-corrected chi connectivity index (χ4v) is 2.80. The zero-order valence-corrected chi connectivity index (χ0v) is 19.2. The third kappa shape index (κ3) is 6.96. The molecule has 6 nitrogen and oxygen atoms in total. The lowest BCUT2D eigenvalue weighted by Gasteiger charge is -2.10. The molecule has 8 heteroatoms. The van der Waals surface area contributed by atoms with Crippen molar-refractivity contribution in [2.24, 2.45) is 4.99 Å². The molecule has 0 aliphatic rings. The molecule has 0 bridgehead atoms. The van der Waals surface area contributed by atoms with E-state index in [0.717, 1.165) is 36.4 Å². The molecular formula is C20H30FIN4O2. The summed E-state index contributed by atoms with van der Waals surface area (Å²) in [5.74, 6) is 1.66. The minimum absolute atomic E-state index is 0. The molecule has 2 N–H and O–H groups in total. The fraction of sp³-hybridized carbons (Fsp3) is 0.500. The minimum atomic E-state index is -0.390. The Hall–Kier alpha value is -1.84. The second-order valence-electron chi connectivity index (χ2n) is 6.25. The van der Waals surface area contributed by atoms with E-state index >= 15 is 0 Å². The molecule has 1 heterocycles. The van der Waals surface area contributed by atoms with E-state index in [9.17, 15) is 4.39 Å². The van der Waals surface area contributed by atoms with Crippen LogP contribution in [0.15, 0.2) is 33.8 Å². The predicted molar refractivity (Wildman–Crippen MR) is 120 cm³/mol. The Morgan fingerprint density at radius 3 is 2.57 bits per heavy atom. The summed E-state index contributed by atoms with van der Waals surface area (Å²) in [5.41, 5.74) is 1.76. The summed E-state index contributed by atoms with van der Waals surface area (Å²) in [6, 6.07) is 6.83. The molecule has 0 atom stereocenters. The molecule has 0 radical (unpaired) electrons. The van der Waals surface area contributed by atoms with Gasteiger partial charge >= 0.3 is 0 Å². The summed E-state index contributed by atoms with van der Waals surface area (Å²) in [7, 11) is 1.45. The maximum atomic E-state index is 13.8. The van der Waals surface area contributed by atoms with Gasteiger partial charge in [-0.05, 0) is 37.5 Å². The van der Waals surface area contributed by atoms with Crippen molar-refractivity contribution in [3.8, 4) is 5.75 Å². The first kappa shape index (κ1) is 24.2. The quantitative estimate of drug-likeness (QED) is 0.297. The lowest BCUT2D eigenvalue weighted by Crippen LogP contribution is -2.36. The largest absolute Gasteiger partial charge is 0.494 e. The SMILES string of the molecule is CCNC(=NCc1ccc(OC)c(F)c1)NCc1cc(C(CC)CC)no1.I. The highest BCUT2D eigenvalue weighted by Crippen LogP contribution is 2.22. The maximum absolute atomic E-state index is 13.8. The van der Waals surface area contributed by atoms with Crippen molar-refractivity contribution in [3.05, 3.63) is 47.1 Å². The molecule has 156 valence electrons. The standard InChI is InChI=1S/C20H29FN4O2.HI/c1-5-15(6-2)18-11-16(27-25-18)13-24-20(22-7-3)23-12-14-8-9-19(26-4)17(21)10-14;/h8-11,15H,5-7,12-13H2,1-4H3,(H2,22,23,24);1H. The molecule has 1 aromatic heterocycles. The van der Waals surface area contributed by atoms with Crippen molar-refractivity contribution in [1.82, 2.24) is 15.8 Å². The highest BCUT2D eigenvalue weighted by molar-refractivity contribution is 14.0. The van der Waals surface area contributed by atoms with E-state index in [1.807, 2.05) is 13.0 Å². The summed E-state index contributed by atoms with van der Waals surface area (Å²) in [4.78, 5) is 4.49. The molecule has 0 unspecified atom stereocenters. The van der Waals surface area contributed by atoms with E-state index < -0.39 is 5.82 Å². The highest BCUT2D eigenvalue weighted by atomic mass is 127. The zero-order chi connectivity index (χ0) is 19.6. The Bertz CT molecular complexity index is 748. The third-order valence-corrected chi connectivity index (χ3v) is 4.39. The van der Waals surface area contributed by atoms with Crippen LogP contribution in [0.2, 0.25) is 0 Å². The Balaban J connectivity index is 0.00000392. The molecule has 0 fully saturated rings. The summed E-state index contributed by atoms with van der Waals surface area (Å²) >= 11 is 0. The number of methoxy groups -OCH3 is 1.